The van der Waals surface area contributed by atoms with Gasteiger partial charge in [-0.25, -0.2) is 4.98 Å². The second-order valence-corrected chi connectivity index (χ2v) is 5.98. The zero-order valence-corrected chi connectivity index (χ0v) is 13.2. The number of hydrogen-bond acceptors (Lipinski definition) is 4. The monoisotopic (exact) mass is 287 g/mol. The van der Waals surface area contributed by atoms with Gasteiger partial charge in [-0.1, -0.05) is 20.8 Å². The second kappa shape index (κ2) is 5.68. The quantitative estimate of drug-likeness (QED) is 0.942. The fourth-order valence-electron chi connectivity index (χ4n) is 1.96. The van der Waals surface area contributed by atoms with Crippen LogP contribution in [0.25, 0.3) is 11.3 Å². The summed E-state index contributed by atoms with van der Waals surface area (Å²) in [4.78, 5) is 23.8. The molecule has 0 aromatic carbocycles. The van der Waals surface area contributed by atoms with E-state index in [-0.39, 0.29) is 11.0 Å². The molecular formula is C16H21N3O2. The third-order valence-electron chi connectivity index (χ3n) is 3.16. The van der Waals surface area contributed by atoms with Crippen molar-refractivity contribution < 1.29 is 4.74 Å². The average Bonchev–Trinajstić information content (AvgIpc) is 2.41. The highest BCUT2D eigenvalue weighted by atomic mass is 16.5. The van der Waals surface area contributed by atoms with E-state index in [2.05, 4.69) is 15.0 Å². The minimum atomic E-state index is -0.230. The van der Waals surface area contributed by atoms with Crippen LogP contribution in [0, 0.1) is 6.92 Å². The first kappa shape index (κ1) is 15.2. The lowest BCUT2D eigenvalue weighted by atomic mass is 9.95. The zero-order chi connectivity index (χ0) is 15.6. The van der Waals surface area contributed by atoms with Gasteiger partial charge in [0.05, 0.1) is 18.5 Å². The fourth-order valence-corrected chi connectivity index (χ4v) is 1.96. The number of aromatic nitrogens is 3. The first-order valence-electron chi connectivity index (χ1n) is 7.02. The van der Waals surface area contributed by atoms with Gasteiger partial charge in [-0.15, -0.1) is 0 Å². The molecule has 0 spiro atoms. The van der Waals surface area contributed by atoms with E-state index in [4.69, 9.17) is 4.74 Å². The van der Waals surface area contributed by atoms with Crippen LogP contribution in [-0.4, -0.2) is 21.6 Å². The van der Waals surface area contributed by atoms with Gasteiger partial charge < -0.3 is 9.72 Å². The van der Waals surface area contributed by atoms with Crippen molar-refractivity contribution in [2.24, 2.45) is 0 Å². The van der Waals surface area contributed by atoms with Crippen LogP contribution in [0.5, 0.6) is 5.75 Å². The number of H-pyrrole nitrogens is 1. The van der Waals surface area contributed by atoms with Crippen LogP contribution in [0.2, 0.25) is 0 Å². The molecule has 0 fully saturated rings. The van der Waals surface area contributed by atoms with Crippen LogP contribution in [0.4, 0.5) is 0 Å². The third-order valence-corrected chi connectivity index (χ3v) is 3.16. The predicted molar refractivity (Wildman–Crippen MR) is 82.7 cm³/mol. The molecule has 0 aliphatic heterocycles. The Balaban J connectivity index is 2.60. The van der Waals surface area contributed by atoms with Crippen LogP contribution in [0.15, 0.2) is 23.3 Å². The zero-order valence-electron chi connectivity index (χ0n) is 13.2. The summed E-state index contributed by atoms with van der Waals surface area (Å²) in [7, 11) is 0. The number of hydrogen-bond donors (Lipinski definition) is 1. The summed E-state index contributed by atoms with van der Waals surface area (Å²) in [5.74, 6) is 1.34. The first-order valence-corrected chi connectivity index (χ1v) is 7.02. The number of ether oxygens (including phenoxy) is 1. The highest BCUT2D eigenvalue weighted by Crippen LogP contribution is 2.25. The molecule has 5 nitrogen and oxygen atoms in total. The highest BCUT2D eigenvalue weighted by molar-refractivity contribution is 5.63. The van der Waals surface area contributed by atoms with Gasteiger partial charge in [0.25, 0.3) is 5.56 Å². The van der Waals surface area contributed by atoms with Crippen LogP contribution < -0.4 is 10.3 Å². The number of aromatic amines is 1. The van der Waals surface area contributed by atoms with Crippen molar-refractivity contribution in [2.75, 3.05) is 6.61 Å². The molecule has 21 heavy (non-hydrogen) atoms. The van der Waals surface area contributed by atoms with Gasteiger partial charge in [0.2, 0.25) is 0 Å². The molecule has 0 amide bonds. The molecule has 0 atom stereocenters. The summed E-state index contributed by atoms with van der Waals surface area (Å²) in [6.45, 7) is 10.3. The van der Waals surface area contributed by atoms with Crippen molar-refractivity contribution in [1.29, 1.82) is 0 Å². The first-order chi connectivity index (χ1) is 9.82. The molecule has 2 heterocycles. The molecule has 0 aliphatic carbocycles. The van der Waals surface area contributed by atoms with Gasteiger partial charge in [-0.2, -0.15) is 0 Å². The number of nitrogens with zero attached hydrogens (tertiary/aromatic N) is 2. The van der Waals surface area contributed by atoms with Crippen molar-refractivity contribution in [3.05, 3.63) is 40.2 Å². The standard InChI is InChI=1S/C16H21N3O2/c1-6-21-12-7-11(8-17-9-12)13-10(2)14(20)19-15(18-13)16(3,4)5/h7-9H,6H2,1-5H3,(H,18,19,20). The number of rotatable bonds is 3. The van der Waals surface area contributed by atoms with E-state index in [0.29, 0.717) is 29.4 Å². The lowest BCUT2D eigenvalue weighted by Crippen LogP contribution is -2.24. The normalized spacial score (nSPS) is 11.5. The molecule has 1 N–H and O–H groups in total. The Morgan fingerprint density at radius 1 is 1.29 bits per heavy atom. The Kier molecular flexibility index (Phi) is 4.11. The van der Waals surface area contributed by atoms with E-state index in [0.717, 1.165) is 5.56 Å². The maximum Gasteiger partial charge on any atom is 0.254 e. The fraction of sp³-hybridized carbons (Fsp3) is 0.438. The molecule has 112 valence electrons. The van der Waals surface area contributed by atoms with E-state index < -0.39 is 0 Å². The summed E-state index contributed by atoms with van der Waals surface area (Å²) in [6.07, 6.45) is 3.35. The molecule has 2 aromatic heterocycles. The van der Waals surface area contributed by atoms with Gasteiger partial charge in [-0.05, 0) is 19.9 Å². The highest BCUT2D eigenvalue weighted by Gasteiger charge is 2.20. The van der Waals surface area contributed by atoms with E-state index in [1.165, 1.54) is 0 Å². The van der Waals surface area contributed by atoms with Gasteiger partial charge in [0.15, 0.2) is 0 Å². The smallest absolute Gasteiger partial charge is 0.254 e. The molecule has 0 unspecified atom stereocenters. The van der Waals surface area contributed by atoms with Gasteiger partial charge in [0, 0.05) is 22.7 Å². The van der Waals surface area contributed by atoms with Crippen LogP contribution in [0.1, 0.15) is 39.1 Å². The lowest BCUT2D eigenvalue weighted by Gasteiger charge is -2.18. The molecule has 2 rings (SSSR count). The second-order valence-electron chi connectivity index (χ2n) is 5.98. The maximum absolute atomic E-state index is 12.1. The largest absolute Gasteiger partial charge is 0.492 e. The minimum Gasteiger partial charge on any atom is -0.492 e. The Hall–Kier alpha value is -2.17. The molecule has 0 saturated carbocycles. The average molecular weight is 287 g/mol. The van der Waals surface area contributed by atoms with Crippen molar-refractivity contribution in [1.82, 2.24) is 15.0 Å². The minimum absolute atomic E-state index is 0.119. The number of nitrogens with one attached hydrogen (secondary N) is 1. The van der Waals surface area contributed by atoms with E-state index in [1.54, 1.807) is 19.3 Å². The molecule has 0 saturated heterocycles. The Bertz CT molecular complexity index is 699. The lowest BCUT2D eigenvalue weighted by molar-refractivity contribution is 0.339. The Morgan fingerprint density at radius 2 is 2.00 bits per heavy atom. The third kappa shape index (κ3) is 3.29. The summed E-state index contributed by atoms with van der Waals surface area (Å²) in [6, 6.07) is 1.86. The van der Waals surface area contributed by atoms with Crippen LogP contribution >= 0.6 is 0 Å². The van der Waals surface area contributed by atoms with Gasteiger partial charge >= 0.3 is 0 Å². The van der Waals surface area contributed by atoms with Crippen molar-refractivity contribution in [3.63, 3.8) is 0 Å². The topological polar surface area (TPSA) is 67.9 Å². The van der Waals surface area contributed by atoms with Crippen LogP contribution in [0.3, 0.4) is 0 Å². The molecule has 0 aliphatic rings. The number of pyridine rings is 1. The van der Waals surface area contributed by atoms with E-state index in [1.807, 2.05) is 33.8 Å². The molecule has 0 bridgehead atoms. The summed E-state index contributed by atoms with van der Waals surface area (Å²) in [5.41, 5.74) is 1.67. The molecule has 0 radical (unpaired) electrons. The van der Waals surface area contributed by atoms with Crippen molar-refractivity contribution >= 4 is 0 Å². The van der Waals surface area contributed by atoms with E-state index in [9.17, 15) is 4.79 Å². The molecule has 5 heteroatoms. The SMILES string of the molecule is CCOc1cncc(-c2nc(C(C)(C)C)[nH]c(=O)c2C)c1. The van der Waals surface area contributed by atoms with E-state index >= 15 is 0 Å². The van der Waals surface area contributed by atoms with Crippen molar-refractivity contribution in [3.8, 4) is 17.0 Å². The summed E-state index contributed by atoms with van der Waals surface area (Å²) in [5, 5.41) is 0. The summed E-state index contributed by atoms with van der Waals surface area (Å²) < 4.78 is 5.46. The van der Waals surface area contributed by atoms with Crippen LogP contribution in [-0.2, 0) is 5.41 Å². The van der Waals surface area contributed by atoms with Gasteiger partial charge in [0.1, 0.15) is 11.6 Å². The van der Waals surface area contributed by atoms with Crippen molar-refractivity contribution in [2.45, 2.75) is 40.0 Å². The Labute approximate surface area is 124 Å². The molecule has 2 aromatic rings. The van der Waals surface area contributed by atoms with Gasteiger partial charge in [-0.3, -0.25) is 9.78 Å². The summed E-state index contributed by atoms with van der Waals surface area (Å²) >= 11 is 0. The maximum atomic E-state index is 12.1. The molecular weight excluding hydrogens is 266 g/mol. The predicted octanol–water partition coefficient (Wildman–Crippen LogP) is 2.84. The Morgan fingerprint density at radius 3 is 2.62 bits per heavy atom.